The van der Waals surface area contributed by atoms with Crippen LogP contribution in [0.5, 0.6) is 0 Å². The fraction of sp³-hybridized carbons (Fsp3) is 0.235. The zero-order valence-electron chi connectivity index (χ0n) is 14.1. The number of pyridine rings is 1. The van der Waals surface area contributed by atoms with Crippen molar-refractivity contribution in [3.8, 4) is 0 Å². The summed E-state index contributed by atoms with van der Waals surface area (Å²) < 4.78 is 26.5. The van der Waals surface area contributed by atoms with E-state index in [0.717, 1.165) is 8.54 Å². The molecule has 0 aliphatic heterocycles. The summed E-state index contributed by atoms with van der Waals surface area (Å²) in [5, 5.41) is 2.68. The van der Waals surface area contributed by atoms with Gasteiger partial charge in [-0.15, -0.1) is 0 Å². The Bertz CT molecular complexity index is 1100. The van der Waals surface area contributed by atoms with Gasteiger partial charge in [-0.25, -0.2) is 13.2 Å². The second-order valence-corrected chi connectivity index (χ2v) is 7.73. The van der Waals surface area contributed by atoms with Gasteiger partial charge in [0, 0.05) is 6.20 Å². The number of rotatable bonds is 6. The SMILES string of the molecule is CCS(=O)(=O)n1c(=O)n(CC(=O)NCc2ccccn2)c2ccccc21. The topological polar surface area (TPSA) is 103 Å². The molecule has 0 saturated heterocycles. The van der Waals surface area contributed by atoms with E-state index in [1.807, 2.05) is 6.07 Å². The van der Waals surface area contributed by atoms with Crippen LogP contribution in [0, 0.1) is 0 Å². The molecule has 2 heterocycles. The maximum absolute atomic E-state index is 12.7. The Labute approximate surface area is 150 Å². The van der Waals surface area contributed by atoms with Crippen molar-refractivity contribution in [3.63, 3.8) is 0 Å². The van der Waals surface area contributed by atoms with E-state index in [0.29, 0.717) is 11.2 Å². The lowest BCUT2D eigenvalue weighted by Gasteiger charge is -2.06. The number of carbonyl (C=O) groups excluding carboxylic acids is 1. The van der Waals surface area contributed by atoms with Gasteiger partial charge < -0.3 is 5.32 Å². The lowest BCUT2D eigenvalue weighted by atomic mass is 10.3. The van der Waals surface area contributed by atoms with Gasteiger partial charge in [-0.1, -0.05) is 18.2 Å². The molecule has 0 fully saturated rings. The first-order valence-electron chi connectivity index (χ1n) is 8.04. The average molecular weight is 374 g/mol. The highest BCUT2D eigenvalue weighted by atomic mass is 32.2. The summed E-state index contributed by atoms with van der Waals surface area (Å²) >= 11 is 0. The first-order valence-corrected chi connectivity index (χ1v) is 9.65. The van der Waals surface area contributed by atoms with Gasteiger partial charge >= 0.3 is 5.69 Å². The number of hydrogen-bond donors (Lipinski definition) is 1. The first kappa shape index (κ1) is 17.9. The van der Waals surface area contributed by atoms with Crippen LogP contribution in [0.25, 0.3) is 11.0 Å². The van der Waals surface area contributed by atoms with Gasteiger partial charge in [-0.3, -0.25) is 14.3 Å². The molecular weight excluding hydrogens is 356 g/mol. The van der Waals surface area contributed by atoms with Crippen molar-refractivity contribution in [3.05, 3.63) is 64.8 Å². The first-order chi connectivity index (χ1) is 12.4. The molecule has 0 aliphatic rings. The maximum Gasteiger partial charge on any atom is 0.343 e. The number of fused-ring (bicyclic) bond motifs is 1. The van der Waals surface area contributed by atoms with Crippen molar-refractivity contribution in [2.24, 2.45) is 0 Å². The quantitative estimate of drug-likeness (QED) is 0.685. The Morgan fingerprint density at radius 2 is 1.81 bits per heavy atom. The van der Waals surface area contributed by atoms with E-state index < -0.39 is 21.6 Å². The van der Waals surface area contributed by atoms with E-state index in [-0.39, 0.29) is 24.4 Å². The number of para-hydroxylation sites is 2. The van der Waals surface area contributed by atoms with Crippen LogP contribution in [-0.4, -0.2) is 33.6 Å². The van der Waals surface area contributed by atoms with Crippen LogP contribution in [0.2, 0.25) is 0 Å². The van der Waals surface area contributed by atoms with Gasteiger partial charge in [0.1, 0.15) is 6.54 Å². The molecule has 8 nitrogen and oxygen atoms in total. The third-order valence-corrected chi connectivity index (χ3v) is 5.57. The highest BCUT2D eigenvalue weighted by Crippen LogP contribution is 2.15. The monoisotopic (exact) mass is 374 g/mol. The highest BCUT2D eigenvalue weighted by molar-refractivity contribution is 7.90. The van der Waals surface area contributed by atoms with Gasteiger partial charge in [0.2, 0.25) is 15.9 Å². The van der Waals surface area contributed by atoms with Crippen molar-refractivity contribution >= 4 is 27.0 Å². The lowest BCUT2D eigenvalue weighted by Crippen LogP contribution is -2.35. The highest BCUT2D eigenvalue weighted by Gasteiger charge is 2.22. The van der Waals surface area contributed by atoms with Gasteiger partial charge in [-0.05, 0) is 31.2 Å². The molecule has 3 aromatic rings. The number of nitrogens with zero attached hydrogens (tertiary/aromatic N) is 3. The molecule has 0 unspecified atom stereocenters. The number of benzene rings is 1. The van der Waals surface area contributed by atoms with Crippen molar-refractivity contribution < 1.29 is 13.2 Å². The molecule has 1 amide bonds. The molecule has 0 atom stereocenters. The molecule has 1 N–H and O–H groups in total. The van der Waals surface area contributed by atoms with Crippen LogP contribution in [0.4, 0.5) is 0 Å². The number of imidazole rings is 1. The summed E-state index contributed by atoms with van der Waals surface area (Å²) in [7, 11) is -3.78. The number of hydrogen-bond acceptors (Lipinski definition) is 5. The largest absolute Gasteiger partial charge is 0.349 e. The van der Waals surface area contributed by atoms with Crippen LogP contribution >= 0.6 is 0 Å². The average Bonchev–Trinajstić information content (AvgIpc) is 2.93. The maximum atomic E-state index is 12.7. The Balaban J connectivity index is 1.92. The fourth-order valence-electron chi connectivity index (χ4n) is 2.62. The second kappa shape index (κ2) is 7.12. The number of amides is 1. The van der Waals surface area contributed by atoms with Crippen molar-refractivity contribution in [1.29, 1.82) is 0 Å². The number of carbonyl (C=O) groups is 1. The molecular formula is C17H18N4O4S. The van der Waals surface area contributed by atoms with Crippen LogP contribution in [-0.2, 0) is 27.9 Å². The molecule has 2 aromatic heterocycles. The summed E-state index contributed by atoms with van der Waals surface area (Å²) in [5.41, 5.74) is 0.588. The smallest absolute Gasteiger partial charge is 0.343 e. The Morgan fingerprint density at radius 3 is 2.46 bits per heavy atom. The zero-order chi connectivity index (χ0) is 18.7. The van der Waals surface area contributed by atoms with Gasteiger partial charge in [-0.2, -0.15) is 3.97 Å². The molecule has 3 rings (SSSR count). The molecule has 0 saturated carbocycles. The Kier molecular flexibility index (Phi) is 4.90. The van der Waals surface area contributed by atoms with Crippen LogP contribution in [0.1, 0.15) is 12.6 Å². The summed E-state index contributed by atoms with van der Waals surface area (Å²) in [5.74, 6) is -0.623. The van der Waals surface area contributed by atoms with Gasteiger partial charge in [0.15, 0.2) is 0 Å². The fourth-order valence-corrected chi connectivity index (χ4v) is 3.67. The summed E-state index contributed by atoms with van der Waals surface area (Å²) in [6.07, 6.45) is 1.62. The van der Waals surface area contributed by atoms with Crippen molar-refractivity contribution in [2.45, 2.75) is 20.0 Å². The second-order valence-electron chi connectivity index (χ2n) is 5.62. The molecule has 0 radical (unpaired) electrons. The molecule has 136 valence electrons. The van der Waals surface area contributed by atoms with Crippen LogP contribution in [0.3, 0.4) is 0 Å². The summed E-state index contributed by atoms with van der Waals surface area (Å²) in [6.45, 7) is 1.41. The van der Waals surface area contributed by atoms with E-state index in [9.17, 15) is 18.0 Å². The van der Waals surface area contributed by atoms with E-state index in [4.69, 9.17) is 0 Å². The third-order valence-electron chi connectivity index (χ3n) is 3.93. The van der Waals surface area contributed by atoms with E-state index in [2.05, 4.69) is 10.3 Å². The zero-order valence-corrected chi connectivity index (χ0v) is 14.9. The Morgan fingerprint density at radius 1 is 1.12 bits per heavy atom. The molecule has 0 bridgehead atoms. The Hall–Kier alpha value is -2.94. The van der Waals surface area contributed by atoms with Crippen molar-refractivity contribution in [2.75, 3.05) is 5.75 Å². The number of nitrogens with one attached hydrogen (secondary N) is 1. The normalized spacial score (nSPS) is 11.6. The van der Waals surface area contributed by atoms with Gasteiger partial charge in [0.05, 0.1) is 29.0 Å². The molecule has 26 heavy (non-hydrogen) atoms. The minimum Gasteiger partial charge on any atom is -0.349 e. The lowest BCUT2D eigenvalue weighted by molar-refractivity contribution is -0.121. The van der Waals surface area contributed by atoms with Gasteiger partial charge in [0.25, 0.3) is 0 Å². The van der Waals surface area contributed by atoms with Crippen LogP contribution < -0.4 is 11.0 Å². The predicted octanol–water partition coefficient (Wildman–Crippen LogP) is 0.712. The molecule has 1 aromatic carbocycles. The molecule has 0 spiro atoms. The van der Waals surface area contributed by atoms with E-state index in [1.165, 1.54) is 6.92 Å². The minimum atomic E-state index is -3.78. The van der Waals surface area contributed by atoms with Crippen molar-refractivity contribution in [1.82, 2.24) is 18.8 Å². The summed E-state index contributed by atoms with van der Waals surface area (Å²) in [4.78, 5) is 29.0. The molecule has 0 aliphatic carbocycles. The standard InChI is InChI=1S/C17H18N4O4S/c1-2-26(24,25)21-15-9-4-3-8-14(15)20(17(21)23)12-16(22)19-11-13-7-5-6-10-18-13/h3-10H,2,11-12H2,1H3,(H,19,22). The van der Waals surface area contributed by atoms with E-state index in [1.54, 1.807) is 42.6 Å². The summed E-state index contributed by atoms with van der Waals surface area (Å²) in [6, 6.07) is 11.8. The predicted molar refractivity (Wildman–Crippen MR) is 97.1 cm³/mol. The third kappa shape index (κ3) is 3.38. The van der Waals surface area contributed by atoms with Crippen LogP contribution in [0.15, 0.2) is 53.5 Å². The van der Waals surface area contributed by atoms with E-state index >= 15 is 0 Å². The minimum absolute atomic E-state index is 0.215. The number of aromatic nitrogens is 3. The molecule has 9 heteroatoms.